The second kappa shape index (κ2) is 12.1. The number of nitrogens with zero attached hydrogens (tertiary/aromatic N) is 2. The molecule has 3 rings (SSSR count). The van der Waals surface area contributed by atoms with E-state index in [0.717, 1.165) is 5.56 Å². The molecule has 0 radical (unpaired) electrons. The van der Waals surface area contributed by atoms with Crippen LogP contribution in [0.5, 0.6) is 0 Å². The number of hydrogen-bond donors (Lipinski definition) is 1. The maximum atomic E-state index is 13.2. The van der Waals surface area contributed by atoms with Crippen molar-refractivity contribution >= 4 is 10.1 Å². The molecule has 6 nitrogen and oxygen atoms in total. The highest BCUT2D eigenvalue weighted by atomic mass is 32.2. The summed E-state index contributed by atoms with van der Waals surface area (Å²) in [6.45, 7) is 2.55. The fourth-order valence-corrected chi connectivity index (χ4v) is 4.74. The molecule has 0 amide bonds. The molecule has 13 heteroatoms. The summed E-state index contributed by atoms with van der Waals surface area (Å²) in [7, 11) is -4.02. The summed E-state index contributed by atoms with van der Waals surface area (Å²) in [5.74, 6) is -0.320. The Hall–Kier alpha value is -2.19. The number of alkyl halides is 6. The van der Waals surface area contributed by atoms with Crippen molar-refractivity contribution in [3.05, 3.63) is 70.8 Å². The van der Waals surface area contributed by atoms with E-state index in [1.807, 2.05) is 30.3 Å². The molecule has 1 saturated heterocycles. The molecule has 1 N–H and O–H groups in total. The summed E-state index contributed by atoms with van der Waals surface area (Å²) in [5.41, 5.74) is -2.10. The van der Waals surface area contributed by atoms with Crippen molar-refractivity contribution in [3.63, 3.8) is 0 Å². The third-order valence-corrected chi connectivity index (χ3v) is 6.91. The minimum absolute atomic E-state index is 0.0460. The maximum absolute atomic E-state index is 13.2. The molecule has 0 aliphatic carbocycles. The Morgan fingerprint density at radius 1 is 0.892 bits per heavy atom. The van der Waals surface area contributed by atoms with Gasteiger partial charge in [0, 0.05) is 26.2 Å². The van der Waals surface area contributed by atoms with Gasteiger partial charge in [-0.1, -0.05) is 30.3 Å². The van der Waals surface area contributed by atoms with Gasteiger partial charge in [-0.25, -0.2) is 0 Å². The zero-order valence-electron chi connectivity index (χ0n) is 19.8. The predicted molar refractivity (Wildman–Crippen MR) is 124 cm³/mol. The van der Waals surface area contributed by atoms with Gasteiger partial charge in [0.1, 0.15) is 0 Å². The van der Waals surface area contributed by atoms with E-state index in [0.29, 0.717) is 51.3 Å². The summed E-state index contributed by atoms with van der Waals surface area (Å²) >= 11 is 0. The summed E-state index contributed by atoms with van der Waals surface area (Å²) in [6, 6.07) is 10.4. The summed E-state index contributed by atoms with van der Waals surface area (Å²) < 4.78 is 115. The van der Waals surface area contributed by atoms with Crippen LogP contribution in [0.25, 0.3) is 0 Å². The number of hydrogen-bond acceptors (Lipinski definition) is 5. The van der Waals surface area contributed by atoms with Crippen molar-refractivity contribution in [3.8, 4) is 0 Å². The molecule has 2 aromatic carbocycles. The first kappa shape index (κ1) is 29.4. The number of benzene rings is 2. The average Bonchev–Trinajstić information content (AvgIpc) is 2.81. The van der Waals surface area contributed by atoms with Crippen molar-refractivity contribution in [2.75, 3.05) is 45.1 Å². The van der Waals surface area contributed by atoms with E-state index < -0.39 is 40.2 Å². The molecule has 0 aromatic heterocycles. The van der Waals surface area contributed by atoms with Crippen molar-refractivity contribution in [1.82, 2.24) is 9.80 Å². The predicted octanol–water partition coefficient (Wildman–Crippen LogP) is 4.88. The van der Waals surface area contributed by atoms with E-state index >= 15 is 0 Å². The molecule has 1 aliphatic heterocycles. The highest BCUT2D eigenvalue weighted by molar-refractivity contribution is 7.85. The van der Waals surface area contributed by atoms with Gasteiger partial charge in [0.05, 0.1) is 36.1 Å². The minimum Gasteiger partial charge on any atom is -0.375 e. The first-order valence-electron chi connectivity index (χ1n) is 11.5. The van der Waals surface area contributed by atoms with Crippen molar-refractivity contribution < 1.29 is 44.0 Å². The van der Waals surface area contributed by atoms with Crippen molar-refractivity contribution in [2.45, 2.75) is 31.4 Å². The molecule has 0 bridgehead atoms. The highest BCUT2D eigenvalue weighted by Crippen LogP contribution is 2.36. The molecule has 0 saturated carbocycles. The number of rotatable bonds is 10. The van der Waals surface area contributed by atoms with Crippen LogP contribution in [-0.2, 0) is 33.8 Å². The standard InChI is InChI=1S/C24H28F6N2O4S/c25-23(26,27)20-13-18(14-21(15-20)24(28,29)30)16-36-17-22(19-5-2-1-3-6-19)32-10-8-31(9-11-32)7-4-12-37(33,34)35/h1-3,5-6,13-15,22H,4,7-12,16-17H2,(H,33,34,35). The lowest BCUT2D eigenvalue weighted by Gasteiger charge is -2.39. The van der Waals surface area contributed by atoms with E-state index in [1.54, 1.807) is 0 Å². The topological polar surface area (TPSA) is 70.1 Å². The quantitative estimate of drug-likeness (QED) is 0.334. The van der Waals surface area contributed by atoms with Crippen molar-refractivity contribution in [1.29, 1.82) is 0 Å². The Kier molecular flexibility index (Phi) is 9.62. The first-order chi connectivity index (χ1) is 17.2. The molecule has 1 unspecified atom stereocenters. The monoisotopic (exact) mass is 554 g/mol. The van der Waals surface area contributed by atoms with Crippen LogP contribution in [0, 0.1) is 0 Å². The fraction of sp³-hybridized carbons (Fsp3) is 0.500. The molecule has 1 atom stereocenters. The highest BCUT2D eigenvalue weighted by Gasteiger charge is 2.37. The first-order valence-corrected chi connectivity index (χ1v) is 13.2. The zero-order valence-corrected chi connectivity index (χ0v) is 20.6. The van der Waals surface area contributed by atoms with Crippen LogP contribution in [0.15, 0.2) is 48.5 Å². The van der Waals surface area contributed by atoms with Gasteiger partial charge in [0.15, 0.2) is 0 Å². The second-order valence-corrected chi connectivity index (χ2v) is 10.4. The van der Waals surface area contributed by atoms with E-state index in [4.69, 9.17) is 9.29 Å². The van der Waals surface area contributed by atoms with Gasteiger partial charge in [-0.15, -0.1) is 0 Å². The Bertz CT molecular complexity index is 1090. The zero-order chi connectivity index (χ0) is 27.3. The van der Waals surface area contributed by atoms with Gasteiger partial charge in [-0.3, -0.25) is 9.45 Å². The lowest BCUT2D eigenvalue weighted by molar-refractivity contribution is -0.143. The van der Waals surface area contributed by atoms with Crippen LogP contribution in [0.1, 0.15) is 34.7 Å². The summed E-state index contributed by atoms with van der Waals surface area (Å²) in [4.78, 5) is 4.17. The Labute approximate surface area is 211 Å². The van der Waals surface area contributed by atoms with Gasteiger partial charge in [0.25, 0.3) is 10.1 Å². The van der Waals surface area contributed by atoms with Gasteiger partial charge in [-0.2, -0.15) is 34.8 Å². The molecule has 37 heavy (non-hydrogen) atoms. The molecular weight excluding hydrogens is 526 g/mol. The Morgan fingerprint density at radius 2 is 1.46 bits per heavy atom. The number of piperazine rings is 1. The van der Waals surface area contributed by atoms with Gasteiger partial charge >= 0.3 is 12.4 Å². The second-order valence-electron chi connectivity index (χ2n) is 8.87. The molecule has 206 valence electrons. The third-order valence-electron chi connectivity index (χ3n) is 6.10. The number of ether oxygens (including phenoxy) is 1. The van der Waals surface area contributed by atoms with E-state index in [2.05, 4.69) is 9.80 Å². The SMILES string of the molecule is O=S(=O)(O)CCCN1CCN(C(COCc2cc(C(F)(F)F)cc(C(F)(F)F)c2)c2ccccc2)CC1. The van der Waals surface area contributed by atoms with E-state index in [9.17, 15) is 34.8 Å². The molecule has 2 aromatic rings. The smallest absolute Gasteiger partial charge is 0.375 e. The van der Waals surface area contributed by atoms with Crippen LogP contribution in [-0.4, -0.2) is 67.9 Å². The minimum atomic E-state index is -4.93. The largest absolute Gasteiger partial charge is 0.416 e. The Balaban J connectivity index is 1.66. The van der Waals surface area contributed by atoms with Gasteiger partial charge < -0.3 is 9.64 Å². The molecular formula is C24H28F6N2O4S. The Morgan fingerprint density at radius 3 is 1.97 bits per heavy atom. The molecule has 1 heterocycles. The summed E-state index contributed by atoms with van der Waals surface area (Å²) in [5, 5.41) is 0. The van der Waals surface area contributed by atoms with Crippen LogP contribution in [0.3, 0.4) is 0 Å². The normalized spacial score (nSPS) is 17.2. The molecule has 1 aliphatic rings. The van der Waals surface area contributed by atoms with Crippen LogP contribution >= 0.6 is 0 Å². The number of halogens is 6. The lowest BCUT2D eigenvalue weighted by Crippen LogP contribution is -2.48. The van der Waals surface area contributed by atoms with Gasteiger partial charge in [0.2, 0.25) is 0 Å². The van der Waals surface area contributed by atoms with E-state index in [1.165, 1.54) is 0 Å². The van der Waals surface area contributed by atoms with Gasteiger partial charge in [-0.05, 0) is 42.3 Å². The van der Waals surface area contributed by atoms with E-state index in [-0.39, 0.29) is 30.0 Å². The fourth-order valence-electron chi connectivity index (χ4n) is 4.25. The van der Waals surface area contributed by atoms with Crippen LogP contribution < -0.4 is 0 Å². The molecule has 0 spiro atoms. The van der Waals surface area contributed by atoms with Crippen LogP contribution in [0.4, 0.5) is 26.3 Å². The average molecular weight is 555 g/mol. The van der Waals surface area contributed by atoms with Crippen LogP contribution in [0.2, 0.25) is 0 Å². The molecule has 1 fully saturated rings. The maximum Gasteiger partial charge on any atom is 0.416 e. The third kappa shape index (κ3) is 9.25. The van der Waals surface area contributed by atoms with Crippen molar-refractivity contribution in [2.24, 2.45) is 0 Å². The lowest BCUT2D eigenvalue weighted by atomic mass is 10.0. The summed E-state index contributed by atoms with van der Waals surface area (Å²) in [6.07, 6.45) is -9.56.